The number of aryl methyl sites for hydroxylation is 2. The van der Waals surface area contributed by atoms with Crippen molar-refractivity contribution in [3.8, 4) is 22.9 Å². The number of benzene rings is 2. The Labute approximate surface area is 155 Å². The molecule has 1 heterocycles. The van der Waals surface area contributed by atoms with E-state index in [1.54, 1.807) is 18.2 Å². The van der Waals surface area contributed by atoms with Crippen LogP contribution in [0.15, 0.2) is 53.6 Å². The third kappa shape index (κ3) is 3.62. The molecule has 0 spiro atoms. The number of amides is 1. The Balaban J connectivity index is 1.78. The number of phenols is 3. The molecule has 7 nitrogen and oxygen atoms in total. The van der Waals surface area contributed by atoms with E-state index in [0.717, 1.165) is 17.1 Å². The molecule has 3 rings (SSSR count). The van der Waals surface area contributed by atoms with Crippen LogP contribution in [0.3, 0.4) is 0 Å². The van der Waals surface area contributed by atoms with Crippen molar-refractivity contribution in [2.24, 2.45) is 5.10 Å². The molecule has 0 aliphatic carbocycles. The molecule has 2 aromatic carbocycles. The van der Waals surface area contributed by atoms with E-state index in [0.29, 0.717) is 5.56 Å². The lowest BCUT2D eigenvalue weighted by molar-refractivity contribution is 0.0955. The van der Waals surface area contributed by atoms with Gasteiger partial charge in [0.2, 0.25) is 5.75 Å². The fourth-order valence-corrected chi connectivity index (χ4v) is 2.78. The highest BCUT2D eigenvalue weighted by atomic mass is 16.3. The normalized spacial score (nSPS) is 11.0. The maximum Gasteiger partial charge on any atom is 0.271 e. The summed E-state index contributed by atoms with van der Waals surface area (Å²) < 4.78 is 2.04. The Bertz CT molecular complexity index is 1020. The molecule has 27 heavy (non-hydrogen) atoms. The van der Waals surface area contributed by atoms with Gasteiger partial charge in [-0.3, -0.25) is 4.79 Å². The molecule has 3 aromatic rings. The fraction of sp³-hybridized carbons (Fsp3) is 0.100. The number of carbonyl (C=O) groups excluding carboxylic acids is 1. The third-order valence-corrected chi connectivity index (χ3v) is 4.17. The molecule has 1 aromatic heterocycles. The van der Waals surface area contributed by atoms with E-state index < -0.39 is 23.2 Å². The molecule has 138 valence electrons. The lowest BCUT2D eigenvalue weighted by Gasteiger charge is -2.10. The van der Waals surface area contributed by atoms with Gasteiger partial charge in [0.1, 0.15) is 0 Å². The zero-order chi connectivity index (χ0) is 19.6. The molecule has 0 radical (unpaired) electrons. The topological polar surface area (TPSA) is 107 Å². The van der Waals surface area contributed by atoms with Crippen LogP contribution in [0.1, 0.15) is 27.3 Å². The van der Waals surface area contributed by atoms with Crippen molar-refractivity contribution >= 4 is 12.1 Å². The highest BCUT2D eigenvalue weighted by molar-refractivity contribution is 5.95. The molecule has 0 fully saturated rings. The number of nitrogens with one attached hydrogen (secondary N) is 1. The van der Waals surface area contributed by atoms with Crippen LogP contribution < -0.4 is 5.43 Å². The molecule has 4 N–H and O–H groups in total. The third-order valence-electron chi connectivity index (χ3n) is 4.17. The van der Waals surface area contributed by atoms with Crippen LogP contribution in [-0.2, 0) is 0 Å². The SMILES string of the molecule is Cc1ccc(C)n1-c1cccc(C(=O)NN=Cc2ccc(O)c(O)c2O)c1. The second kappa shape index (κ2) is 7.25. The van der Waals surface area contributed by atoms with Gasteiger partial charge in [-0.2, -0.15) is 5.10 Å². The summed E-state index contributed by atoms with van der Waals surface area (Å²) in [5, 5.41) is 32.3. The van der Waals surface area contributed by atoms with Gasteiger partial charge in [0.15, 0.2) is 11.5 Å². The first-order valence-electron chi connectivity index (χ1n) is 8.21. The minimum absolute atomic E-state index is 0.151. The van der Waals surface area contributed by atoms with Crippen LogP contribution in [0.2, 0.25) is 0 Å². The quantitative estimate of drug-likeness (QED) is 0.324. The van der Waals surface area contributed by atoms with Gasteiger partial charge in [-0.15, -0.1) is 0 Å². The first kappa shape index (κ1) is 18.1. The van der Waals surface area contributed by atoms with Crippen molar-refractivity contribution in [1.29, 1.82) is 0 Å². The summed E-state index contributed by atoms with van der Waals surface area (Å²) in [6, 6.07) is 13.7. The van der Waals surface area contributed by atoms with Crippen LogP contribution >= 0.6 is 0 Å². The number of hydrazone groups is 1. The molecule has 1 amide bonds. The molecule has 0 bridgehead atoms. The minimum Gasteiger partial charge on any atom is -0.504 e. The van der Waals surface area contributed by atoms with Gasteiger partial charge in [0.05, 0.1) is 6.21 Å². The number of rotatable bonds is 4. The molecule has 0 aliphatic rings. The number of hydrogen-bond acceptors (Lipinski definition) is 5. The van der Waals surface area contributed by atoms with E-state index >= 15 is 0 Å². The Kier molecular flexibility index (Phi) is 4.85. The van der Waals surface area contributed by atoms with Crippen LogP contribution in [-0.4, -0.2) is 32.0 Å². The van der Waals surface area contributed by atoms with Gasteiger partial charge in [0, 0.05) is 28.2 Å². The van der Waals surface area contributed by atoms with Crippen molar-refractivity contribution in [3.05, 3.63) is 71.0 Å². The molecular formula is C20H19N3O4. The number of hydrogen-bond donors (Lipinski definition) is 4. The zero-order valence-corrected chi connectivity index (χ0v) is 14.8. The summed E-state index contributed by atoms with van der Waals surface area (Å²) in [4.78, 5) is 12.3. The van der Waals surface area contributed by atoms with E-state index in [9.17, 15) is 20.1 Å². The van der Waals surface area contributed by atoms with E-state index in [-0.39, 0.29) is 5.56 Å². The fourth-order valence-electron chi connectivity index (χ4n) is 2.78. The van der Waals surface area contributed by atoms with Crippen molar-refractivity contribution in [2.75, 3.05) is 0 Å². The van der Waals surface area contributed by atoms with Crippen molar-refractivity contribution in [1.82, 2.24) is 9.99 Å². The molecule has 0 saturated carbocycles. The van der Waals surface area contributed by atoms with Gasteiger partial charge < -0.3 is 19.9 Å². The first-order chi connectivity index (χ1) is 12.9. The summed E-state index contributed by atoms with van der Waals surface area (Å²) in [6.07, 6.45) is 1.18. The molecule has 0 unspecified atom stereocenters. The van der Waals surface area contributed by atoms with Crippen molar-refractivity contribution < 1.29 is 20.1 Å². The second-order valence-corrected chi connectivity index (χ2v) is 6.07. The lowest BCUT2D eigenvalue weighted by Crippen LogP contribution is -2.18. The van der Waals surface area contributed by atoms with E-state index in [4.69, 9.17) is 0 Å². The lowest BCUT2D eigenvalue weighted by atomic mass is 10.2. The van der Waals surface area contributed by atoms with Crippen LogP contribution in [0, 0.1) is 13.8 Å². The maximum absolute atomic E-state index is 12.3. The predicted octanol–water partition coefficient (Wildman–Crippen LogP) is 2.97. The van der Waals surface area contributed by atoms with Gasteiger partial charge in [0.25, 0.3) is 5.91 Å². The summed E-state index contributed by atoms with van der Waals surface area (Å²) in [6.45, 7) is 3.98. The number of phenolic OH excluding ortho intramolecular Hbond substituents is 3. The van der Waals surface area contributed by atoms with Crippen molar-refractivity contribution in [3.63, 3.8) is 0 Å². The molecular weight excluding hydrogens is 346 g/mol. The molecule has 0 atom stereocenters. The van der Waals surface area contributed by atoms with E-state index in [1.165, 1.54) is 18.3 Å². The Morgan fingerprint density at radius 2 is 1.70 bits per heavy atom. The van der Waals surface area contributed by atoms with E-state index in [1.807, 2.05) is 36.6 Å². The van der Waals surface area contributed by atoms with Crippen molar-refractivity contribution in [2.45, 2.75) is 13.8 Å². The largest absolute Gasteiger partial charge is 0.504 e. The maximum atomic E-state index is 12.3. The number of aromatic hydroxyl groups is 3. The summed E-state index contributed by atoms with van der Waals surface area (Å²) in [5.74, 6) is -2.02. The smallest absolute Gasteiger partial charge is 0.271 e. The molecule has 7 heteroatoms. The van der Waals surface area contributed by atoms with Gasteiger partial charge in [-0.05, 0) is 56.3 Å². The van der Waals surface area contributed by atoms with Crippen LogP contribution in [0.4, 0.5) is 0 Å². The molecule has 0 saturated heterocycles. The Morgan fingerprint density at radius 3 is 2.41 bits per heavy atom. The summed E-state index contributed by atoms with van der Waals surface area (Å²) in [5.41, 5.74) is 5.94. The zero-order valence-electron chi connectivity index (χ0n) is 14.8. The predicted molar refractivity (Wildman–Crippen MR) is 102 cm³/mol. The number of carbonyl (C=O) groups is 1. The number of aromatic nitrogens is 1. The number of nitrogens with zero attached hydrogens (tertiary/aromatic N) is 2. The van der Waals surface area contributed by atoms with E-state index in [2.05, 4.69) is 10.5 Å². The highest BCUT2D eigenvalue weighted by Crippen LogP contribution is 2.36. The average Bonchev–Trinajstić information content (AvgIpc) is 3.00. The van der Waals surface area contributed by atoms with Gasteiger partial charge in [-0.1, -0.05) is 6.07 Å². The van der Waals surface area contributed by atoms with Crippen LogP contribution in [0.25, 0.3) is 5.69 Å². The summed E-state index contributed by atoms with van der Waals surface area (Å²) in [7, 11) is 0. The average molecular weight is 365 g/mol. The van der Waals surface area contributed by atoms with Gasteiger partial charge in [-0.25, -0.2) is 5.43 Å². The Hall–Kier alpha value is -3.74. The first-order valence-corrected chi connectivity index (χ1v) is 8.21. The highest BCUT2D eigenvalue weighted by Gasteiger charge is 2.11. The second-order valence-electron chi connectivity index (χ2n) is 6.07. The Morgan fingerprint density at radius 1 is 1.00 bits per heavy atom. The van der Waals surface area contributed by atoms with Gasteiger partial charge >= 0.3 is 0 Å². The molecule has 0 aliphatic heterocycles. The monoisotopic (exact) mass is 365 g/mol. The minimum atomic E-state index is -0.643. The standard InChI is InChI=1S/C20H19N3O4/c1-12-6-7-13(2)23(12)16-5-3-4-14(10-16)20(27)22-21-11-15-8-9-17(24)19(26)18(15)25/h3-11,24-26H,1-2H3,(H,22,27). The summed E-state index contributed by atoms with van der Waals surface area (Å²) >= 11 is 0. The van der Waals surface area contributed by atoms with Crippen LogP contribution in [0.5, 0.6) is 17.2 Å².